The third-order valence-corrected chi connectivity index (χ3v) is 14.0. The zero-order valence-corrected chi connectivity index (χ0v) is 44.4. The zero-order valence-electron chi connectivity index (χ0n) is 44.4. The van der Waals surface area contributed by atoms with Gasteiger partial charge in [-0.3, -0.25) is 82.9 Å². The van der Waals surface area contributed by atoms with Gasteiger partial charge in [-0.25, -0.2) is 4.79 Å². The Morgan fingerprint density at radius 2 is 1.17 bits per heavy atom. The standard InChI is InChI=1S/C54H60N12O15/c1-31(2)47(60-41(67)15-4-3-5-22-62-42(68)16-17-43(62)69)49(72)59-40(14-8-19-57-54(55)77)48(71)58-30-44(70)61(24-25-64-51(74)37-13-7-11-33-27-35(66(80)81)29-39(46(33)37)53(64)76)21-9-18-56-20-23-63-50(73)36-12-6-10-32-26-34(65(78)79)28-38(45(32)36)52(63)75/h6-7,10-13,16-17,26-29,31,40,47,56H,3-5,8-9,14-15,18-25,30H2,1-2H3,(H,58,71)(H,59,72)(H,60,67)(H3,55,57,77)/t40-,47?/m0/s1. The van der Waals surface area contributed by atoms with Crippen molar-refractivity contribution in [3.05, 3.63) is 115 Å². The molecule has 0 aliphatic carbocycles. The summed E-state index contributed by atoms with van der Waals surface area (Å²) in [5.74, 6) is -6.86. The Hall–Kier alpha value is -9.53. The molecule has 3 heterocycles. The molecule has 27 heteroatoms. The van der Waals surface area contributed by atoms with Crippen molar-refractivity contribution >= 4 is 98.0 Å². The van der Waals surface area contributed by atoms with Crippen LogP contribution in [0, 0.1) is 26.1 Å². The van der Waals surface area contributed by atoms with Gasteiger partial charge in [0.2, 0.25) is 23.6 Å². The summed E-state index contributed by atoms with van der Waals surface area (Å²) in [6, 6.07) is 10.7. The molecular weight excluding hydrogens is 1060 g/mol. The van der Waals surface area contributed by atoms with Crippen molar-refractivity contribution < 1.29 is 62.6 Å². The Morgan fingerprint density at radius 1 is 0.605 bits per heavy atom. The van der Waals surface area contributed by atoms with E-state index in [1.54, 1.807) is 26.0 Å². The highest BCUT2D eigenvalue weighted by Crippen LogP contribution is 2.35. The van der Waals surface area contributed by atoms with E-state index in [0.29, 0.717) is 35.4 Å². The topological polar surface area (TPSA) is 373 Å². The molecule has 0 bridgehead atoms. The van der Waals surface area contributed by atoms with Gasteiger partial charge in [0.15, 0.2) is 0 Å². The van der Waals surface area contributed by atoms with Crippen molar-refractivity contribution in [1.82, 2.24) is 46.2 Å². The second kappa shape index (κ2) is 26.4. The molecule has 1 unspecified atom stereocenters. The number of nitro groups is 2. The van der Waals surface area contributed by atoms with Crippen molar-refractivity contribution in [1.29, 1.82) is 0 Å². The van der Waals surface area contributed by atoms with E-state index >= 15 is 0 Å². The first kappa shape index (κ1) is 59.1. The summed E-state index contributed by atoms with van der Waals surface area (Å²) >= 11 is 0. The lowest BCUT2D eigenvalue weighted by Gasteiger charge is -2.30. The summed E-state index contributed by atoms with van der Waals surface area (Å²) in [7, 11) is 0. The molecule has 12 amide bonds. The van der Waals surface area contributed by atoms with Crippen molar-refractivity contribution in [2.45, 2.75) is 70.9 Å². The van der Waals surface area contributed by atoms with Crippen LogP contribution in [0.5, 0.6) is 0 Å². The van der Waals surface area contributed by atoms with Gasteiger partial charge in [0.25, 0.3) is 46.8 Å². The van der Waals surface area contributed by atoms with E-state index < -0.39 is 99.5 Å². The van der Waals surface area contributed by atoms with Gasteiger partial charge < -0.3 is 37.2 Å². The summed E-state index contributed by atoms with van der Waals surface area (Å²) in [5, 5.41) is 38.1. The third-order valence-electron chi connectivity index (χ3n) is 14.0. The van der Waals surface area contributed by atoms with Crippen LogP contribution in [0.3, 0.4) is 0 Å². The molecule has 0 saturated carbocycles. The number of carbonyl (C=O) groups is 11. The molecule has 0 aromatic heterocycles. The summed E-state index contributed by atoms with van der Waals surface area (Å²) in [6.07, 6.45) is 3.98. The second-order valence-corrected chi connectivity index (χ2v) is 19.8. The molecule has 7 rings (SSSR count). The smallest absolute Gasteiger partial charge is 0.312 e. The molecule has 0 fully saturated rings. The van der Waals surface area contributed by atoms with Gasteiger partial charge >= 0.3 is 6.03 Å². The van der Waals surface area contributed by atoms with Gasteiger partial charge in [0.1, 0.15) is 12.1 Å². The summed E-state index contributed by atoms with van der Waals surface area (Å²) in [5.41, 5.74) is 4.75. The predicted octanol–water partition coefficient (Wildman–Crippen LogP) is 2.19. The van der Waals surface area contributed by atoms with Crippen LogP contribution in [0.4, 0.5) is 16.2 Å². The first-order valence-corrected chi connectivity index (χ1v) is 26.2. The lowest BCUT2D eigenvalue weighted by Crippen LogP contribution is -2.56. The Bertz CT molecular complexity index is 3270. The summed E-state index contributed by atoms with van der Waals surface area (Å²) in [4.78, 5) is 172. The largest absolute Gasteiger partial charge is 0.352 e. The molecule has 3 aliphatic heterocycles. The Kier molecular flexibility index (Phi) is 19.3. The summed E-state index contributed by atoms with van der Waals surface area (Å²) in [6.45, 7) is 2.26. The highest BCUT2D eigenvalue weighted by atomic mass is 16.6. The number of imide groups is 3. The van der Waals surface area contributed by atoms with Crippen LogP contribution < -0.4 is 32.3 Å². The van der Waals surface area contributed by atoms with Crippen LogP contribution in [-0.2, 0) is 28.8 Å². The number of hydrogen-bond donors (Lipinski definition) is 6. The number of urea groups is 1. The van der Waals surface area contributed by atoms with Crippen LogP contribution >= 0.6 is 0 Å². The molecule has 0 spiro atoms. The average molecular weight is 1120 g/mol. The SMILES string of the molecule is CC(C)C(NC(=O)CCCCCN1C(=O)C=CC1=O)C(=O)N[C@@H](CCCNC(N)=O)C(=O)NCC(=O)N(CCCNCCN1C(=O)c2cccc3cc([N+](=O)[O-])cc(c23)C1=O)CCN1C(=O)c2cccc3cc([N+](=O)[O-])cc(c23)C1=O. The first-order valence-electron chi connectivity index (χ1n) is 26.2. The molecule has 0 radical (unpaired) electrons. The van der Waals surface area contributed by atoms with E-state index in [1.807, 2.05) is 0 Å². The number of hydrogen-bond acceptors (Lipinski definition) is 16. The number of benzene rings is 4. The number of primary amides is 1. The zero-order chi connectivity index (χ0) is 58.7. The normalized spacial score (nSPS) is 14.4. The molecule has 81 heavy (non-hydrogen) atoms. The number of nitro benzene ring substituents is 2. The quantitative estimate of drug-likeness (QED) is 0.0196. The number of nitrogens with two attached hydrogens (primary N) is 1. The lowest BCUT2D eigenvalue weighted by atomic mass is 9.93. The number of non-ortho nitro benzene ring substituents is 2. The first-order chi connectivity index (χ1) is 38.7. The van der Waals surface area contributed by atoms with E-state index in [-0.39, 0.29) is 117 Å². The number of carbonyl (C=O) groups excluding carboxylic acids is 11. The van der Waals surface area contributed by atoms with Gasteiger partial charge in [-0.2, -0.15) is 0 Å². The van der Waals surface area contributed by atoms with Gasteiger partial charge in [0.05, 0.1) is 27.5 Å². The predicted molar refractivity (Wildman–Crippen MR) is 289 cm³/mol. The molecular formula is C54H60N12O15. The minimum absolute atomic E-state index is 0.00429. The fraction of sp³-hybridized carbons (Fsp3) is 0.389. The molecule has 2 atom stereocenters. The van der Waals surface area contributed by atoms with Crippen molar-refractivity contribution in [3.63, 3.8) is 0 Å². The van der Waals surface area contributed by atoms with Crippen LogP contribution in [0.1, 0.15) is 100 Å². The van der Waals surface area contributed by atoms with E-state index in [0.717, 1.165) is 26.8 Å². The van der Waals surface area contributed by atoms with Crippen LogP contribution in [0.15, 0.2) is 72.8 Å². The number of nitrogens with one attached hydrogen (secondary N) is 5. The maximum atomic E-state index is 14.2. The van der Waals surface area contributed by atoms with Gasteiger partial charge in [-0.1, -0.05) is 44.5 Å². The van der Waals surface area contributed by atoms with E-state index in [9.17, 15) is 73.0 Å². The van der Waals surface area contributed by atoms with Crippen LogP contribution in [0.2, 0.25) is 0 Å². The van der Waals surface area contributed by atoms with Gasteiger partial charge in [-0.15, -0.1) is 0 Å². The van der Waals surface area contributed by atoms with Crippen molar-refractivity contribution in [2.75, 3.05) is 58.9 Å². The molecule has 0 saturated heterocycles. The minimum atomic E-state index is -1.31. The molecule has 4 aromatic carbocycles. The van der Waals surface area contributed by atoms with Crippen LogP contribution in [0.25, 0.3) is 21.5 Å². The maximum absolute atomic E-state index is 14.2. The van der Waals surface area contributed by atoms with E-state index in [2.05, 4.69) is 26.6 Å². The third kappa shape index (κ3) is 14.0. The lowest BCUT2D eigenvalue weighted by molar-refractivity contribution is -0.384. The Balaban J connectivity index is 1.00. The van der Waals surface area contributed by atoms with Crippen LogP contribution in [-0.4, -0.2) is 166 Å². The van der Waals surface area contributed by atoms with Crippen molar-refractivity contribution in [2.24, 2.45) is 11.7 Å². The number of nitrogens with zero attached hydrogens (tertiary/aromatic N) is 6. The fourth-order valence-corrected chi connectivity index (χ4v) is 9.80. The van der Waals surface area contributed by atoms with Crippen molar-refractivity contribution in [3.8, 4) is 0 Å². The Morgan fingerprint density at radius 3 is 1.73 bits per heavy atom. The molecule has 27 nitrogen and oxygen atoms in total. The average Bonchev–Trinajstić information content (AvgIpc) is 3.86. The highest BCUT2D eigenvalue weighted by Gasteiger charge is 2.37. The van der Waals surface area contributed by atoms with E-state index in [4.69, 9.17) is 5.73 Å². The van der Waals surface area contributed by atoms with Gasteiger partial charge in [0, 0.05) is 111 Å². The molecule has 3 aliphatic rings. The number of amides is 12. The maximum Gasteiger partial charge on any atom is 0.312 e. The minimum Gasteiger partial charge on any atom is -0.352 e. The monoisotopic (exact) mass is 1120 g/mol. The Labute approximate surface area is 462 Å². The summed E-state index contributed by atoms with van der Waals surface area (Å²) < 4.78 is 0. The van der Waals surface area contributed by atoms with E-state index in [1.165, 1.54) is 53.5 Å². The second-order valence-electron chi connectivity index (χ2n) is 19.8. The fourth-order valence-electron chi connectivity index (χ4n) is 9.80. The number of unbranched alkanes of at least 4 members (excludes halogenated alkanes) is 2. The number of rotatable bonds is 29. The molecule has 4 aromatic rings. The molecule has 426 valence electrons. The molecule has 7 N–H and O–H groups in total. The van der Waals surface area contributed by atoms with Gasteiger partial charge in [-0.05, 0) is 67.5 Å². The highest BCUT2D eigenvalue weighted by molar-refractivity contribution is 6.27.